The van der Waals surface area contributed by atoms with E-state index in [1.165, 1.54) is 0 Å². The lowest BCUT2D eigenvalue weighted by atomic mass is 9.99. The van der Waals surface area contributed by atoms with Gasteiger partial charge in [-0.05, 0) is 26.0 Å². The van der Waals surface area contributed by atoms with Crippen molar-refractivity contribution in [3.63, 3.8) is 0 Å². The Balaban J connectivity index is 2.33. The molecule has 2 rings (SSSR count). The Kier molecular flexibility index (Phi) is 1.58. The zero-order chi connectivity index (χ0) is 8.77. The van der Waals surface area contributed by atoms with Crippen LogP contribution < -0.4 is 0 Å². The summed E-state index contributed by atoms with van der Waals surface area (Å²) in [6, 6.07) is 0. The highest BCUT2D eigenvalue weighted by Gasteiger charge is 2.28. The van der Waals surface area contributed by atoms with Crippen LogP contribution in [-0.2, 0) is 4.74 Å². The van der Waals surface area contributed by atoms with E-state index >= 15 is 0 Å². The Morgan fingerprint density at radius 3 is 2.92 bits per heavy atom. The molecule has 0 aromatic rings. The lowest BCUT2D eigenvalue weighted by Crippen LogP contribution is -2.26. The first-order valence-corrected chi connectivity index (χ1v) is 4.44. The van der Waals surface area contributed by atoms with Gasteiger partial charge in [0.25, 0.3) is 0 Å². The van der Waals surface area contributed by atoms with Crippen LogP contribution in [0.15, 0.2) is 34.6 Å². The third kappa shape index (κ3) is 1.18. The van der Waals surface area contributed by atoms with Gasteiger partial charge >= 0.3 is 0 Å². The standard InChI is InChI=1S/C10H11ClO/c1-10(2)6-5-7-8(11)3-4-9(7)12-10/h3-5H,6H2,1-2H3. The van der Waals surface area contributed by atoms with E-state index in [9.17, 15) is 0 Å². The highest BCUT2D eigenvalue weighted by atomic mass is 35.5. The van der Waals surface area contributed by atoms with Crippen molar-refractivity contribution in [3.8, 4) is 0 Å². The van der Waals surface area contributed by atoms with E-state index in [0.717, 1.165) is 22.8 Å². The molecule has 64 valence electrons. The highest BCUT2D eigenvalue weighted by Crippen LogP contribution is 2.38. The predicted molar refractivity (Wildman–Crippen MR) is 49.9 cm³/mol. The van der Waals surface area contributed by atoms with E-state index in [-0.39, 0.29) is 5.60 Å². The molecule has 1 aliphatic carbocycles. The van der Waals surface area contributed by atoms with E-state index < -0.39 is 0 Å². The first-order valence-electron chi connectivity index (χ1n) is 4.06. The Bertz CT molecular complexity index is 308. The molecular weight excluding hydrogens is 172 g/mol. The molecule has 0 spiro atoms. The van der Waals surface area contributed by atoms with Crippen molar-refractivity contribution < 1.29 is 4.74 Å². The maximum absolute atomic E-state index is 5.94. The molecule has 12 heavy (non-hydrogen) atoms. The van der Waals surface area contributed by atoms with Gasteiger partial charge in [-0.3, -0.25) is 0 Å². The summed E-state index contributed by atoms with van der Waals surface area (Å²) in [7, 11) is 0. The maximum atomic E-state index is 5.94. The van der Waals surface area contributed by atoms with Gasteiger partial charge in [0.1, 0.15) is 11.4 Å². The Hall–Kier alpha value is -0.690. The molecule has 0 radical (unpaired) electrons. The van der Waals surface area contributed by atoms with Crippen LogP contribution in [0.1, 0.15) is 20.3 Å². The highest BCUT2D eigenvalue weighted by molar-refractivity contribution is 6.33. The Morgan fingerprint density at radius 1 is 1.42 bits per heavy atom. The van der Waals surface area contributed by atoms with Gasteiger partial charge < -0.3 is 4.74 Å². The first kappa shape index (κ1) is 7.93. The van der Waals surface area contributed by atoms with Gasteiger partial charge in [-0.25, -0.2) is 0 Å². The molecule has 0 bridgehead atoms. The zero-order valence-electron chi connectivity index (χ0n) is 7.23. The number of allylic oxidation sites excluding steroid dienone is 3. The van der Waals surface area contributed by atoms with Crippen LogP contribution in [0.4, 0.5) is 0 Å². The second-order valence-corrected chi connectivity index (χ2v) is 4.14. The minimum Gasteiger partial charge on any atom is -0.487 e. The molecule has 0 N–H and O–H groups in total. The minimum absolute atomic E-state index is 0.0787. The Labute approximate surface area is 77.4 Å². The fraction of sp³-hybridized carbons (Fsp3) is 0.400. The number of hydrogen-bond acceptors (Lipinski definition) is 1. The monoisotopic (exact) mass is 182 g/mol. The van der Waals surface area contributed by atoms with Gasteiger partial charge in [-0.15, -0.1) is 0 Å². The van der Waals surface area contributed by atoms with Crippen molar-refractivity contribution in [1.29, 1.82) is 0 Å². The van der Waals surface area contributed by atoms with Gasteiger partial charge in [-0.2, -0.15) is 0 Å². The second-order valence-electron chi connectivity index (χ2n) is 3.73. The summed E-state index contributed by atoms with van der Waals surface area (Å²) in [5, 5.41) is 0.792. The van der Waals surface area contributed by atoms with E-state index in [2.05, 4.69) is 19.9 Å². The molecule has 1 heterocycles. The van der Waals surface area contributed by atoms with E-state index in [0.29, 0.717) is 0 Å². The van der Waals surface area contributed by atoms with Crippen molar-refractivity contribution in [2.75, 3.05) is 0 Å². The Morgan fingerprint density at radius 2 is 2.17 bits per heavy atom. The SMILES string of the molecule is CC1(C)CC=C2C(Cl)=CC=C2O1. The van der Waals surface area contributed by atoms with Gasteiger partial charge in [0.05, 0.1) is 5.03 Å². The molecule has 2 heteroatoms. The largest absolute Gasteiger partial charge is 0.487 e. The summed E-state index contributed by atoms with van der Waals surface area (Å²) >= 11 is 5.94. The fourth-order valence-electron chi connectivity index (χ4n) is 1.42. The summed E-state index contributed by atoms with van der Waals surface area (Å²) in [6.45, 7) is 4.15. The first-order chi connectivity index (χ1) is 5.58. The molecule has 0 saturated heterocycles. The second kappa shape index (κ2) is 2.40. The smallest absolute Gasteiger partial charge is 0.128 e. The van der Waals surface area contributed by atoms with E-state index in [4.69, 9.17) is 16.3 Å². The average molecular weight is 183 g/mol. The van der Waals surface area contributed by atoms with Crippen LogP contribution >= 0.6 is 11.6 Å². The van der Waals surface area contributed by atoms with E-state index in [1.54, 1.807) is 0 Å². The quantitative estimate of drug-likeness (QED) is 0.559. The molecule has 0 unspecified atom stereocenters. The van der Waals surface area contributed by atoms with Crippen LogP contribution in [0.3, 0.4) is 0 Å². The normalized spacial score (nSPS) is 25.1. The summed E-state index contributed by atoms with van der Waals surface area (Å²) in [6.07, 6.45) is 6.87. The number of hydrogen-bond donors (Lipinski definition) is 0. The topological polar surface area (TPSA) is 9.23 Å². The third-order valence-electron chi connectivity index (χ3n) is 2.09. The predicted octanol–water partition coefficient (Wildman–Crippen LogP) is 3.13. The molecule has 0 amide bonds. The van der Waals surface area contributed by atoms with Crippen LogP contribution in [0.25, 0.3) is 0 Å². The van der Waals surface area contributed by atoms with Gasteiger partial charge in [0.2, 0.25) is 0 Å². The van der Waals surface area contributed by atoms with Crippen molar-refractivity contribution >= 4 is 11.6 Å². The summed E-state index contributed by atoms with van der Waals surface area (Å²) in [5.74, 6) is 0.913. The van der Waals surface area contributed by atoms with Gasteiger partial charge in [-0.1, -0.05) is 17.7 Å². The fourth-order valence-corrected chi connectivity index (χ4v) is 1.65. The van der Waals surface area contributed by atoms with Crippen molar-refractivity contribution in [2.24, 2.45) is 0 Å². The number of ether oxygens (including phenoxy) is 1. The van der Waals surface area contributed by atoms with Crippen LogP contribution in [0.5, 0.6) is 0 Å². The molecule has 1 nitrogen and oxygen atoms in total. The average Bonchev–Trinajstić information content (AvgIpc) is 2.30. The minimum atomic E-state index is -0.0787. The van der Waals surface area contributed by atoms with Crippen LogP contribution in [0.2, 0.25) is 0 Å². The molecule has 0 aromatic heterocycles. The molecule has 0 atom stereocenters. The van der Waals surface area contributed by atoms with Crippen LogP contribution in [-0.4, -0.2) is 5.60 Å². The third-order valence-corrected chi connectivity index (χ3v) is 2.42. The summed E-state index contributed by atoms with van der Waals surface area (Å²) in [4.78, 5) is 0. The number of rotatable bonds is 0. The molecule has 0 saturated carbocycles. The van der Waals surface area contributed by atoms with Gasteiger partial charge in [0.15, 0.2) is 0 Å². The van der Waals surface area contributed by atoms with Gasteiger partial charge in [0, 0.05) is 12.0 Å². The van der Waals surface area contributed by atoms with Crippen molar-refractivity contribution in [3.05, 3.63) is 34.6 Å². The van der Waals surface area contributed by atoms with E-state index in [1.807, 2.05) is 12.2 Å². The zero-order valence-corrected chi connectivity index (χ0v) is 7.98. The van der Waals surface area contributed by atoms with Crippen LogP contribution in [0, 0.1) is 0 Å². The summed E-state index contributed by atoms with van der Waals surface area (Å²) in [5.41, 5.74) is 0.973. The molecular formula is C10H11ClO. The van der Waals surface area contributed by atoms with Crippen molar-refractivity contribution in [2.45, 2.75) is 25.9 Å². The molecule has 0 fully saturated rings. The molecule has 2 aliphatic rings. The number of fused-ring (bicyclic) bond motifs is 1. The lowest BCUT2D eigenvalue weighted by molar-refractivity contribution is 0.0360. The lowest BCUT2D eigenvalue weighted by Gasteiger charge is -2.30. The molecule has 1 aliphatic heterocycles. The maximum Gasteiger partial charge on any atom is 0.128 e. The summed E-state index contributed by atoms with van der Waals surface area (Å²) < 4.78 is 5.72. The molecule has 0 aromatic carbocycles. The van der Waals surface area contributed by atoms with Crippen molar-refractivity contribution in [1.82, 2.24) is 0 Å². The number of halogens is 1.